The molecule has 0 aliphatic heterocycles. The highest BCUT2D eigenvalue weighted by atomic mass is 19.1. The van der Waals surface area contributed by atoms with Crippen LogP contribution in [0.4, 0.5) is 15.8 Å². The van der Waals surface area contributed by atoms with E-state index in [1.165, 1.54) is 6.07 Å². The van der Waals surface area contributed by atoms with Gasteiger partial charge in [0.2, 0.25) is 0 Å². The largest absolute Gasteiger partial charge is 0.488 e. The number of nitrogen functional groups attached to an aromatic ring is 1. The maximum Gasteiger partial charge on any atom is 0.167 e. The van der Waals surface area contributed by atoms with Gasteiger partial charge in [0, 0.05) is 37.0 Å². The normalized spacial score (nSPS) is 10.7. The summed E-state index contributed by atoms with van der Waals surface area (Å²) in [4.78, 5) is 4.25. The highest BCUT2D eigenvalue weighted by Gasteiger charge is 2.10. The number of benzene rings is 1. The third-order valence-electron chi connectivity index (χ3n) is 2.89. The Morgan fingerprint density at radius 1 is 1.33 bits per heavy atom. The van der Waals surface area contributed by atoms with E-state index in [4.69, 9.17) is 10.5 Å². The highest BCUT2D eigenvalue weighted by Crippen LogP contribution is 2.28. The number of halogens is 1. The van der Waals surface area contributed by atoms with Crippen LogP contribution in [0.5, 0.6) is 5.75 Å². The predicted molar refractivity (Wildman–Crippen MR) is 83.0 cm³/mol. The summed E-state index contributed by atoms with van der Waals surface area (Å²) in [6, 6.07) is 8.67. The molecule has 0 saturated carbocycles. The molecule has 2 rings (SSSR count). The molecule has 0 aliphatic rings. The number of nitrogens with zero attached hydrogens (tertiary/aromatic N) is 1. The van der Waals surface area contributed by atoms with Crippen molar-refractivity contribution in [3.8, 4) is 5.75 Å². The van der Waals surface area contributed by atoms with Gasteiger partial charge in [-0.3, -0.25) is 4.98 Å². The zero-order valence-electron chi connectivity index (χ0n) is 12.3. The van der Waals surface area contributed by atoms with Gasteiger partial charge in [0.25, 0.3) is 0 Å². The second-order valence-corrected chi connectivity index (χ2v) is 5.03. The van der Waals surface area contributed by atoms with E-state index < -0.39 is 5.82 Å². The minimum atomic E-state index is -0.448. The highest BCUT2D eigenvalue weighted by molar-refractivity contribution is 5.68. The van der Waals surface area contributed by atoms with Crippen molar-refractivity contribution in [2.24, 2.45) is 0 Å². The molecule has 2 aromatic rings. The van der Waals surface area contributed by atoms with E-state index in [0.29, 0.717) is 17.9 Å². The van der Waals surface area contributed by atoms with Gasteiger partial charge in [-0.1, -0.05) is 6.07 Å². The van der Waals surface area contributed by atoms with Crippen LogP contribution in [-0.2, 0) is 6.42 Å². The molecule has 0 radical (unpaired) electrons. The molecule has 0 aliphatic carbocycles. The summed E-state index contributed by atoms with van der Waals surface area (Å²) >= 11 is 0. The van der Waals surface area contributed by atoms with Crippen LogP contribution in [0.3, 0.4) is 0 Å². The SMILES string of the molecule is CC(C)Oc1cc(NCCc2ccccn2)c(N)cc1F. The van der Waals surface area contributed by atoms with Gasteiger partial charge in [-0.2, -0.15) is 0 Å². The third kappa shape index (κ3) is 4.34. The van der Waals surface area contributed by atoms with Crippen LogP contribution in [0, 0.1) is 5.82 Å². The summed E-state index contributed by atoms with van der Waals surface area (Å²) in [5.41, 5.74) is 7.85. The van der Waals surface area contributed by atoms with Crippen molar-refractivity contribution < 1.29 is 9.13 Å². The van der Waals surface area contributed by atoms with Gasteiger partial charge in [0.05, 0.1) is 17.5 Å². The van der Waals surface area contributed by atoms with Crippen molar-refractivity contribution in [3.63, 3.8) is 0 Å². The van der Waals surface area contributed by atoms with Gasteiger partial charge >= 0.3 is 0 Å². The molecular formula is C16H20FN3O. The topological polar surface area (TPSA) is 60.2 Å². The summed E-state index contributed by atoms with van der Waals surface area (Å²) in [6.07, 6.45) is 2.43. The third-order valence-corrected chi connectivity index (χ3v) is 2.89. The molecule has 0 unspecified atom stereocenters. The van der Waals surface area contributed by atoms with E-state index >= 15 is 0 Å². The molecular weight excluding hydrogens is 269 g/mol. The van der Waals surface area contributed by atoms with E-state index in [2.05, 4.69) is 10.3 Å². The van der Waals surface area contributed by atoms with Gasteiger partial charge in [0.1, 0.15) is 0 Å². The molecule has 21 heavy (non-hydrogen) atoms. The number of rotatable bonds is 6. The first-order valence-electron chi connectivity index (χ1n) is 6.95. The van der Waals surface area contributed by atoms with Crippen LogP contribution < -0.4 is 15.8 Å². The predicted octanol–water partition coefficient (Wildman–Crippen LogP) is 3.24. The molecule has 0 bridgehead atoms. The van der Waals surface area contributed by atoms with Gasteiger partial charge < -0.3 is 15.8 Å². The van der Waals surface area contributed by atoms with Crippen LogP contribution in [0.15, 0.2) is 36.5 Å². The van der Waals surface area contributed by atoms with Gasteiger partial charge in [-0.15, -0.1) is 0 Å². The molecule has 1 aromatic carbocycles. The molecule has 1 aromatic heterocycles. The lowest BCUT2D eigenvalue weighted by molar-refractivity contribution is 0.231. The van der Waals surface area contributed by atoms with Crippen LogP contribution >= 0.6 is 0 Å². The van der Waals surface area contributed by atoms with Crippen molar-refractivity contribution in [1.29, 1.82) is 0 Å². The standard InChI is InChI=1S/C16H20FN3O/c1-11(2)21-16-10-15(14(18)9-13(16)17)20-8-6-12-5-3-4-7-19-12/h3-5,7,9-11,20H,6,8,18H2,1-2H3. The number of hydrogen-bond acceptors (Lipinski definition) is 4. The van der Waals surface area contributed by atoms with E-state index in [1.54, 1.807) is 12.3 Å². The molecule has 1 heterocycles. The number of aromatic nitrogens is 1. The molecule has 0 spiro atoms. The van der Waals surface area contributed by atoms with E-state index in [-0.39, 0.29) is 11.9 Å². The zero-order chi connectivity index (χ0) is 15.2. The van der Waals surface area contributed by atoms with Crippen LogP contribution in [0.1, 0.15) is 19.5 Å². The molecule has 0 saturated heterocycles. The Balaban J connectivity index is 2.02. The molecule has 3 N–H and O–H groups in total. The number of anilines is 2. The Morgan fingerprint density at radius 2 is 2.14 bits per heavy atom. The lowest BCUT2D eigenvalue weighted by Crippen LogP contribution is -2.11. The van der Waals surface area contributed by atoms with E-state index in [1.807, 2.05) is 32.0 Å². The number of hydrogen-bond donors (Lipinski definition) is 2. The Morgan fingerprint density at radius 3 is 2.81 bits per heavy atom. The number of nitrogens with two attached hydrogens (primary N) is 1. The Kier molecular flexibility index (Phi) is 4.98. The molecule has 0 fully saturated rings. The molecule has 4 nitrogen and oxygen atoms in total. The molecule has 112 valence electrons. The molecule has 0 atom stereocenters. The first kappa shape index (κ1) is 15.1. The van der Waals surface area contributed by atoms with Crippen molar-refractivity contribution in [1.82, 2.24) is 4.98 Å². The maximum atomic E-state index is 13.7. The zero-order valence-corrected chi connectivity index (χ0v) is 12.3. The summed E-state index contributed by atoms with van der Waals surface area (Å²) in [7, 11) is 0. The van der Waals surface area contributed by atoms with Crippen LogP contribution in [-0.4, -0.2) is 17.6 Å². The van der Waals surface area contributed by atoms with Crippen LogP contribution in [0.25, 0.3) is 0 Å². The minimum absolute atomic E-state index is 0.0931. The van der Waals surface area contributed by atoms with Crippen molar-refractivity contribution in [2.45, 2.75) is 26.4 Å². The fourth-order valence-electron chi connectivity index (χ4n) is 1.94. The first-order valence-corrected chi connectivity index (χ1v) is 6.95. The lowest BCUT2D eigenvalue weighted by atomic mass is 10.2. The van der Waals surface area contributed by atoms with Crippen molar-refractivity contribution in [2.75, 3.05) is 17.6 Å². The van der Waals surface area contributed by atoms with Gasteiger partial charge in [0.15, 0.2) is 11.6 Å². The monoisotopic (exact) mass is 289 g/mol. The second kappa shape index (κ2) is 6.92. The quantitative estimate of drug-likeness (QED) is 0.801. The fraction of sp³-hybridized carbons (Fsp3) is 0.312. The van der Waals surface area contributed by atoms with Crippen molar-refractivity contribution in [3.05, 3.63) is 48.0 Å². The fourth-order valence-corrected chi connectivity index (χ4v) is 1.94. The summed E-state index contributed by atoms with van der Waals surface area (Å²) in [5, 5.41) is 3.19. The molecule has 5 heteroatoms. The second-order valence-electron chi connectivity index (χ2n) is 5.03. The summed E-state index contributed by atoms with van der Waals surface area (Å²) in [5.74, 6) is -0.240. The minimum Gasteiger partial charge on any atom is -0.488 e. The van der Waals surface area contributed by atoms with Gasteiger partial charge in [-0.25, -0.2) is 4.39 Å². The molecule has 0 amide bonds. The van der Waals surface area contributed by atoms with E-state index in [9.17, 15) is 4.39 Å². The van der Waals surface area contributed by atoms with Crippen LogP contribution in [0.2, 0.25) is 0 Å². The smallest absolute Gasteiger partial charge is 0.167 e. The average molecular weight is 289 g/mol. The number of pyridine rings is 1. The maximum absolute atomic E-state index is 13.7. The van der Waals surface area contributed by atoms with E-state index in [0.717, 1.165) is 12.1 Å². The average Bonchev–Trinajstić information content (AvgIpc) is 2.44. The Bertz CT molecular complexity index is 588. The lowest BCUT2D eigenvalue weighted by Gasteiger charge is -2.15. The van der Waals surface area contributed by atoms with Gasteiger partial charge in [-0.05, 0) is 26.0 Å². The first-order chi connectivity index (χ1) is 10.1. The number of nitrogens with one attached hydrogen (secondary N) is 1. The Labute approximate surface area is 124 Å². The van der Waals surface area contributed by atoms with Crippen molar-refractivity contribution >= 4 is 11.4 Å². The Hall–Kier alpha value is -2.30. The summed E-state index contributed by atoms with van der Waals surface area (Å²) in [6.45, 7) is 4.36. The summed E-state index contributed by atoms with van der Waals surface area (Å²) < 4.78 is 19.2. The number of ether oxygens (including phenoxy) is 1.